The summed E-state index contributed by atoms with van der Waals surface area (Å²) in [5, 5.41) is 1.04. The van der Waals surface area contributed by atoms with E-state index in [9.17, 15) is 0 Å². The van der Waals surface area contributed by atoms with Crippen molar-refractivity contribution in [3.8, 4) is 0 Å². The Labute approximate surface area is 107 Å². The van der Waals surface area contributed by atoms with E-state index in [4.69, 9.17) is 28.9 Å². The van der Waals surface area contributed by atoms with Crippen molar-refractivity contribution in [3.63, 3.8) is 0 Å². The number of halogens is 2. The van der Waals surface area contributed by atoms with Crippen LogP contribution in [-0.4, -0.2) is 13.6 Å². The van der Waals surface area contributed by atoms with Gasteiger partial charge in [-0.25, -0.2) is 0 Å². The summed E-state index contributed by atoms with van der Waals surface area (Å²) in [4.78, 5) is 2.11. The number of anilines is 2. The molecule has 0 saturated heterocycles. The van der Waals surface area contributed by atoms with Crippen molar-refractivity contribution in [2.45, 2.75) is 20.3 Å². The highest BCUT2D eigenvalue weighted by molar-refractivity contribution is 6.42. The molecule has 0 aliphatic heterocycles. The van der Waals surface area contributed by atoms with Crippen LogP contribution in [0.4, 0.5) is 11.4 Å². The molecule has 0 spiro atoms. The van der Waals surface area contributed by atoms with E-state index in [1.165, 1.54) is 0 Å². The Kier molecular flexibility index (Phi) is 4.75. The Morgan fingerprint density at radius 2 is 1.81 bits per heavy atom. The summed E-state index contributed by atoms with van der Waals surface area (Å²) in [5.41, 5.74) is 7.52. The topological polar surface area (TPSA) is 29.3 Å². The van der Waals surface area contributed by atoms with Crippen LogP contribution in [0.25, 0.3) is 0 Å². The Morgan fingerprint density at radius 3 is 2.38 bits per heavy atom. The molecule has 2 N–H and O–H groups in total. The Hall–Kier alpha value is -0.600. The number of rotatable bonds is 4. The summed E-state index contributed by atoms with van der Waals surface area (Å²) >= 11 is 11.9. The maximum absolute atomic E-state index is 5.98. The van der Waals surface area contributed by atoms with E-state index in [1.807, 2.05) is 13.1 Å². The molecule has 0 aliphatic carbocycles. The van der Waals surface area contributed by atoms with Crippen LogP contribution in [0.5, 0.6) is 0 Å². The monoisotopic (exact) mass is 260 g/mol. The molecule has 4 heteroatoms. The lowest BCUT2D eigenvalue weighted by Crippen LogP contribution is -2.21. The summed E-state index contributed by atoms with van der Waals surface area (Å²) in [5.74, 6) is 0.673. The molecule has 0 fully saturated rings. The van der Waals surface area contributed by atoms with E-state index >= 15 is 0 Å². The highest BCUT2D eigenvalue weighted by Crippen LogP contribution is 2.32. The van der Waals surface area contributed by atoms with Gasteiger partial charge >= 0.3 is 0 Å². The van der Waals surface area contributed by atoms with E-state index in [2.05, 4.69) is 18.7 Å². The fourth-order valence-corrected chi connectivity index (χ4v) is 1.78. The maximum atomic E-state index is 5.98. The molecular formula is C12H18Cl2N2. The molecule has 1 rings (SSSR count). The van der Waals surface area contributed by atoms with E-state index in [-0.39, 0.29) is 0 Å². The fraction of sp³-hybridized carbons (Fsp3) is 0.500. The molecule has 1 aromatic rings. The second-order valence-corrected chi connectivity index (χ2v) is 5.24. The summed E-state index contributed by atoms with van der Waals surface area (Å²) in [6, 6.07) is 3.52. The smallest absolute Gasteiger partial charge is 0.0614 e. The minimum atomic E-state index is 0.500. The van der Waals surface area contributed by atoms with Gasteiger partial charge in [-0.1, -0.05) is 37.0 Å². The SMILES string of the molecule is CC(C)CCN(C)c1cc(Cl)c(Cl)cc1N. The van der Waals surface area contributed by atoms with Gasteiger partial charge in [-0.05, 0) is 24.5 Å². The van der Waals surface area contributed by atoms with Crippen LogP contribution in [0.15, 0.2) is 12.1 Å². The standard InChI is InChI=1S/C12H18Cl2N2/c1-8(2)4-5-16(3)12-7-10(14)9(13)6-11(12)15/h6-8H,4-5,15H2,1-3H3. The van der Waals surface area contributed by atoms with Crippen LogP contribution in [0.2, 0.25) is 10.0 Å². The van der Waals surface area contributed by atoms with E-state index < -0.39 is 0 Å². The zero-order valence-corrected chi connectivity index (χ0v) is 11.4. The lowest BCUT2D eigenvalue weighted by Gasteiger charge is -2.22. The zero-order valence-electron chi connectivity index (χ0n) is 9.93. The first kappa shape index (κ1) is 13.5. The molecule has 0 heterocycles. The predicted octanol–water partition coefficient (Wildman–Crippen LogP) is 4.06. The lowest BCUT2D eigenvalue weighted by molar-refractivity contribution is 0.585. The van der Waals surface area contributed by atoms with Gasteiger partial charge in [-0.2, -0.15) is 0 Å². The average Bonchev–Trinajstić information content (AvgIpc) is 2.20. The number of hydrogen-bond acceptors (Lipinski definition) is 2. The van der Waals surface area contributed by atoms with Crippen LogP contribution in [0.3, 0.4) is 0 Å². The van der Waals surface area contributed by atoms with Crippen LogP contribution in [-0.2, 0) is 0 Å². The van der Waals surface area contributed by atoms with Crippen molar-refractivity contribution in [1.82, 2.24) is 0 Å². The van der Waals surface area contributed by atoms with Gasteiger partial charge in [0, 0.05) is 13.6 Å². The molecule has 1 aromatic carbocycles. The molecule has 0 amide bonds. The van der Waals surface area contributed by atoms with Crippen LogP contribution >= 0.6 is 23.2 Å². The van der Waals surface area contributed by atoms with Gasteiger partial charge in [0.25, 0.3) is 0 Å². The Balaban J connectivity index is 2.82. The maximum Gasteiger partial charge on any atom is 0.0614 e. The lowest BCUT2D eigenvalue weighted by atomic mass is 10.1. The van der Waals surface area contributed by atoms with Gasteiger partial charge in [0.1, 0.15) is 0 Å². The molecule has 0 unspecified atom stereocenters. The first-order valence-electron chi connectivity index (χ1n) is 5.37. The third-order valence-corrected chi connectivity index (χ3v) is 3.24. The van der Waals surface area contributed by atoms with Gasteiger partial charge in [0.2, 0.25) is 0 Å². The number of benzene rings is 1. The number of nitrogens with zero attached hydrogens (tertiary/aromatic N) is 1. The molecule has 0 aliphatic rings. The third kappa shape index (κ3) is 3.46. The summed E-state index contributed by atoms with van der Waals surface area (Å²) in [7, 11) is 2.01. The Bertz CT molecular complexity index is 364. The Morgan fingerprint density at radius 1 is 1.25 bits per heavy atom. The van der Waals surface area contributed by atoms with E-state index in [1.54, 1.807) is 6.07 Å². The second-order valence-electron chi connectivity index (χ2n) is 4.43. The van der Waals surface area contributed by atoms with Crippen LogP contribution < -0.4 is 10.6 Å². The minimum absolute atomic E-state index is 0.500. The molecule has 90 valence electrons. The van der Waals surface area contributed by atoms with Crippen molar-refractivity contribution < 1.29 is 0 Å². The summed E-state index contributed by atoms with van der Waals surface area (Å²) in [6.07, 6.45) is 1.12. The normalized spacial score (nSPS) is 10.9. The summed E-state index contributed by atoms with van der Waals surface area (Å²) in [6.45, 7) is 5.36. The molecule has 16 heavy (non-hydrogen) atoms. The van der Waals surface area contributed by atoms with E-state index in [0.29, 0.717) is 21.7 Å². The van der Waals surface area contributed by atoms with E-state index in [0.717, 1.165) is 18.7 Å². The molecule has 0 radical (unpaired) electrons. The molecule has 0 bridgehead atoms. The van der Waals surface area contributed by atoms with Crippen molar-refractivity contribution in [2.75, 3.05) is 24.2 Å². The number of nitrogens with two attached hydrogens (primary N) is 1. The number of nitrogen functional groups attached to an aromatic ring is 1. The highest BCUT2D eigenvalue weighted by atomic mass is 35.5. The first-order chi connectivity index (χ1) is 7.41. The highest BCUT2D eigenvalue weighted by Gasteiger charge is 2.09. The van der Waals surface area contributed by atoms with Crippen molar-refractivity contribution in [3.05, 3.63) is 22.2 Å². The van der Waals surface area contributed by atoms with Crippen LogP contribution in [0, 0.1) is 5.92 Å². The average molecular weight is 261 g/mol. The van der Waals surface area contributed by atoms with Gasteiger partial charge in [0.05, 0.1) is 21.4 Å². The second kappa shape index (κ2) is 5.65. The molecular weight excluding hydrogens is 243 g/mol. The van der Waals surface area contributed by atoms with Crippen molar-refractivity contribution in [1.29, 1.82) is 0 Å². The predicted molar refractivity (Wildman–Crippen MR) is 73.6 cm³/mol. The molecule has 0 saturated carbocycles. The van der Waals surface area contributed by atoms with Gasteiger partial charge in [-0.3, -0.25) is 0 Å². The molecule has 2 nitrogen and oxygen atoms in total. The minimum Gasteiger partial charge on any atom is -0.397 e. The van der Waals surface area contributed by atoms with Gasteiger partial charge in [0.15, 0.2) is 0 Å². The fourth-order valence-electron chi connectivity index (χ4n) is 1.45. The first-order valence-corrected chi connectivity index (χ1v) is 6.13. The quantitative estimate of drug-likeness (QED) is 0.828. The molecule has 0 aromatic heterocycles. The summed E-state index contributed by atoms with van der Waals surface area (Å²) < 4.78 is 0. The van der Waals surface area contributed by atoms with Crippen molar-refractivity contribution >= 4 is 34.6 Å². The third-order valence-electron chi connectivity index (χ3n) is 2.52. The van der Waals surface area contributed by atoms with Gasteiger partial charge < -0.3 is 10.6 Å². The van der Waals surface area contributed by atoms with Crippen molar-refractivity contribution in [2.24, 2.45) is 5.92 Å². The van der Waals surface area contributed by atoms with Crippen LogP contribution in [0.1, 0.15) is 20.3 Å². The molecule has 0 atom stereocenters. The zero-order chi connectivity index (χ0) is 12.3. The largest absolute Gasteiger partial charge is 0.397 e. The van der Waals surface area contributed by atoms with Gasteiger partial charge in [-0.15, -0.1) is 0 Å². The number of hydrogen-bond donors (Lipinski definition) is 1.